The fourth-order valence-electron chi connectivity index (χ4n) is 2.98. The molecule has 2 heterocycles. The van der Waals surface area contributed by atoms with Crippen LogP contribution >= 0.6 is 0 Å². The average molecular weight is 413 g/mol. The van der Waals surface area contributed by atoms with E-state index in [-0.39, 0.29) is 22.6 Å². The number of para-hydroxylation sites is 1. The minimum Gasteiger partial charge on any atom is -0.397 e. The summed E-state index contributed by atoms with van der Waals surface area (Å²) in [6, 6.07) is 14.2. The minimum absolute atomic E-state index is 0.232. The number of aliphatic imine (C=N–C) groups is 1. The van der Waals surface area contributed by atoms with Gasteiger partial charge in [0.2, 0.25) is 5.95 Å². The number of nitrogens with two attached hydrogens (primary N) is 1. The number of aromatic nitrogens is 3. The molecule has 0 aliphatic heterocycles. The van der Waals surface area contributed by atoms with Crippen LogP contribution in [0.2, 0.25) is 0 Å². The Morgan fingerprint density at radius 2 is 1.84 bits per heavy atom. The third kappa shape index (κ3) is 4.40. The van der Waals surface area contributed by atoms with Gasteiger partial charge in [-0.2, -0.15) is 0 Å². The van der Waals surface area contributed by atoms with E-state index in [0.29, 0.717) is 5.95 Å². The zero-order valence-corrected chi connectivity index (χ0v) is 16.6. The van der Waals surface area contributed by atoms with Crippen LogP contribution in [0.3, 0.4) is 0 Å². The molecule has 31 heavy (non-hydrogen) atoms. The Morgan fingerprint density at radius 1 is 1.03 bits per heavy atom. The van der Waals surface area contributed by atoms with Crippen LogP contribution in [0, 0.1) is 6.92 Å². The smallest absolute Gasteiger partial charge is 0.274 e. The molecule has 2 aromatic carbocycles. The number of nitrogens with one attached hydrogen (secondary N) is 3. The number of nitrogen functional groups attached to an aromatic ring is 1. The quantitative estimate of drug-likeness (QED) is 0.226. The standard InChI is InChI=1S/C22H19N7O2/c1-13-10-25-22(28-13)29-20(30)16-7-4-8-17(23)19(16)26-12-27-21(31)18-9-14-5-2-3-6-15(14)11-24-18/h2-12H,23H2,1H3,(H,26,27,31)(H2,25,28,29,30). The highest BCUT2D eigenvalue weighted by molar-refractivity contribution is 6.09. The van der Waals surface area contributed by atoms with E-state index in [1.165, 1.54) is 6.34 Å². The average Bonchev–Trinajstić information content (AvgIpc) is 3.18. The van der Waals surface area contributed by atoms with Crippen molar-refractivity contribution in [2.75, 3.05) is 11.1 Å². The molecule has 9 nitrogen and oxygen atoms in total. The molecule has 2 aromatic heterocycles. The Morgan fingerprint density at radius 3 is 2.61 bits per heavy atom. The lowest BCUT2D eigenvalue weighted by atomic mass is 10.1. The van der Waals surface area contributed by atoms with Gasteiger partial charge in [-0.25, -0.2) is 9.98 Å². The summed E-state index contributed by atoms with van der Waals surface area (Å²) in [6.45, 7) is 1.83. The zero-order valence-electron chi connectivity index (χ0n) is 16.6. The summed E-state index contributed by atoms with van der Waals surface area (Å²) >= 11 is 0. The second-order valence-corrected chi connectivity index (χ2v) is 6.76. The number of amides is 2. The number of rotatable bonds is 5. The van der Waals surface area contributed by atoms with Gasteiger partial charge < -0.3 is 16.0 Å². The summed E-state index contributed by atoms with van der Waals surface area (Å²) in [5.74, 6) is -0.548. The van der Waals surface area contributed by atoms with Gasteiger partial charge in [0.05, 0.1) is 17.6 Å². The molecular weight excluding hydrogens is 394 g/mol. The number of hydrogen-bond donors (Lipinski definition) is 4. The van der Waals surface area contributed by atoms with Gasteiger partial charge in [0, 0.05) is 23.5 Å². The molecule has 0 unspecified atom stereocenters. The Kier molecular flexibility index (Phi) is 5.39. The van der Waals surface area contributed by atoms with E-state index >= 15 is 0 Å². The highest BCUT2D eigenvalue weighted by Crippen LogP contribution is 2.27. The second kappa shape index (κ2) is 8.46. The Labute approximate surface area is 177 Å². The predicted octanol–water partition coefficient (Wildman–Crippen LogP) is 3.19. The molecule has 0 saturated heterocycles. The van der Waals surface area contributed by atoms with Crippen LogP contribution < -0.4 is 16.4 Å². The van der Waals surface area contributed by atoms with Crippen molar-refractivity contribution in [2.24, 2.45) is 4.99 Å². The largest absolute Gasteiger partial charge is 0.397 e. The highest BCUT2D eigenvalue weighted by Gasteiger charge is 2.15. The molecule has 0 atom stereocenters. The first kappa shape index (κ1) is 19.8. The van der Waals surface area contributed by atoms with E-state index in [9.17, 15) is 9.59 Å². The van der Waals surface area contributed by atoms with Crippen LogP contribution in [0.15, 0.2) is 65.9 Å². The lowest BCUT2D eigenvalue weighted by Crippen LogP contribution is -2.22. The third-order valence-electron chi connectivity index (χ3n) is 4.50. The minimum atomic E-state index is -0.434. The van der Waals surface area contributed by atoms with Crippen molar-refractivity contribution in [1.29, 1.82) is 0 Å². The van der Waals surface area contributed by atoms with Crippen LogP contribution in [-0.4, -0.2) is 33.1 Å². The zero-order chi connectivity index (χ0) is 21.8. The van der Waals surface area contributed by atoms with Crippen LogP contribution in [0.4, 0.5) is 17.3 Å². The number of carbonyl (C=O) groups excluding carboxylic acids is 2. The molecule has 2 amide bonds. The maximum absolute atomic E-state index is 12.6. The Balaban J connectivity index is 1.51. The molecule has 4 aromatic rings. The highest BCUT2D eigenvalue weighted by atomic mass is 16.2. The van der Waals surface area contributed by atoms with E-state index in [0.717, 1.165) is 16.5 Å². The first-order valence-corrected chi connectivity index (χ1v) is 9.41. The first-order chi connectivity index (χ1) is 15.0. The van der Waals surface area contributed by atoms with Crippen LogP contribution in [0.5, 0.6) is 0 Å². The SMILES string of the molecule is Cc1cnc(NC(=O)c2cccc(N)c2N=CNC(=O)c2cc3ccccc3cn2)[nH]1. The van der Waals surface area contributed by atoms with Crippen molar-refractivity contribution >= 4 is 46.2 Å². The number of imidazole rings is 1. The van der Waals surface area contributed by atoms with Gasteiger partial charge in [-0.15, -0.1) is 0 Å². The number of aromatic amines is 1. The monoisotopic (exact) mass is 413 g/mol. The van der Waals surface area contributed by atoms with Crippen molar-refractivity contribution in [3.63, 3.8) is 0 Å². The van der Waals surface area contributed by atoms with E-state index < -0.39 is 11.8 Å². The summed E-state index contributed by atoms with van der Waals surface area (Å²) in [5, 5.41) is 7.06. The van der Waals surface area contributed by atoms with Crippen molar-refractivity contribution in [3.8, 4) is 0 Å². The number of hydrogen-bond acceptors (Lipinski definition) is 6. The van der Waals surface area contributed by atoms with Gasteiger partial charge in [-0.05, 0) is 30.5 Å². The van der Waals surface area contributed by atoms with Crippen molar-refractivity contribution in [2.45, 2.75) is 6.92 Å². The summed E-state index contributed by atoms with van der Waals surface area (Å²) in [5.41, 5.74) is 7.82. The lowest BCUT2D eigenvalue weighted by molar-refractivity contribution is 0.0973. The maximum Gasteiger partial charge on any atom is 0.274 e. The molecule has 0 saturated carbocycles. The number of benzene rings is 2. The van der Waals surface area contributed by atoms with Crippen LogP contribution in [0.25, 0.3) is 10.8 Å². The molecular formula is C22H19N7O2. The number of H-pyrrole nitrogens is 1. The number of anilines is 2. The van der Waals surface area contributed by atoms with Crippen LogP contribution in [0.1, 0.15) is 26.5 Å². The molecule has 9 heteroatoms. The maximum atomic E-state index is 12.6. The van der Waals surface area contributed by atoms with E-state index in [1.807, 2.05) is 31.2 Å². The number of carbonyl (C=O) groups is 2. The number of aryl methyl sites for hydroxylation is 1. The normalized spacial score (nSPS) is 11.0. The fourth-order valence-corrected chi connectivity index (χ4v) is 2.98. The molecule has 154 valence electrons. The van der Waals surface area contributed by atoms with Gasteiger partial charge in [0.1, 0.15) is 11.4 Å². The van der Waals surface area contributed by atoms with Gasteiger partial charge in [0.25, 0.3) is 11.8 Å². The van der Waals surface area contributed by atoms with Gasteiger partial charge >= 0.3 is 0 Å². The predicted molar refractivity (Wildman–Crippen MR) is 119 cm³/mol. The van der Waals surface area contributed by atoms with E-state index in [2.05, 4.69) is 30.6 Å². The third-order valence-corrected chi connectivity index (χ3v) is 4.50. The molecule has 4 rings (SSSR count). The number of pyridine rings is 1. The Hall–Kier alpha value is -4.53. The van der Waals surface area contributed by atoms with E-state index in [1.54, 1.807) is 36.7 Å². The van der Waals surface area contributed by atoms with Gasteiger partial charge in [0.15, 0.2) is 0 Å². The molecule has 0 fully saturated rings. The number of fused-ring (bicyclic) bond motifs is 1. The summed E-state index contributed by atoms with van der Waals surface area (Å²) < 4.78 is 0. The number of nitrogens with zero attached hydrogens (tertiary/aromatic N) is 3. The lowest BCUT2D eigenvalue weighted by Gasteiger charge is -2.08. The van der Waals surface area contributed by atoms with Crippen LogP contribution in [-0.2, 0) is 0 Å². The van der Waals surface area contributed by atoms with Crippen molar-refractivity contribution in [3.05, 3.63) is 77.9 Å². The fraction of sp³-hybridized carbons (Fsp3) is 0.0455. The summed E-state index contributed by atoms with van der Waals surface area (Å²) in [4.78, 5) is 40.4. The molecule has 0 aliphatic carbocycles. The first-order valence-electron chi connectivity index (χ1n) is 9.41. The van der Waals surface area contributed by atoms with Crippen molar-refractivity contribution < 1.29 is 9.59 Å². The Bertz CT molecular complexity index is 1310. The molecule has 0 radical (unpaired) electrons. The van der Waals surface area contributed by atoms with Gasteiger partial charge in [-0.3, -0.25) is 19.9 Å². The summed E-state index contributed by atoms with van der Waals surface area (Å²) in [6.07, 6.45) is 4.43. The second-order valence-electron chi connectivity index (χ2n) is 6.76. The topological polar surface area (TPSA) is 138 Å². The molecule has 0 aliphatic rings. The molecule has 0 bridgehead atoms. The van der Waals surface area contributed by atoms with E-state index in [4.69, 9.17) is 5.73 Å². The summed E-state index contributed by atoms with van der Waals surface area (Å²) in [7, 11) is 0. The molecule has 0 spiro atoms. The van der Waals surface area contributed by atoms with Crippen molar-refractivity contribution in [1.82, 2.24) is 20.3 Å². The molecule has 5 N–H and O–H groups in total. The van der Waals surface area contributed by atoms with Gasteiger partial charge in [-0.1, -0.05) is 30.3 Å².